The molecule has 1 amide bonds. The van der Waals surface area contributed by atoms with Crippen molar-refractivity contribution in [2.45, 2.75) is 44.6 Å². The van der Waals surface area contributed by atoms with Crippen molar-refractivity contribution in [1.82, 2.24) is 9.62 Å². The van der Waals surface area contributed by atoms with Gasteiger partial charge in [-0.25, -0.2) is 13.1 Å². The number of thiophene rings is 1. The van der Waals surface area contributed by atoms with E-state index in [9.17, 15) is 13.2 Å². The zero-order valence-electron chi connectivity index (χ0n) is 13.0. The maximum Gasteiger partial charge on any atom is 0.222 e. The minimum absolute atomic E-state index is 0.00212. The van der Waals surface area contributed by atoms with E-state index in [4.69, 9.17) is 0 Å². The zero-order chi connectivity index (χ0) is 16.0. The lowest BCUT2D eigenvalue weighted by Crippen LogP contribution is -2.49. The Morgan fingerprint density at radius 3 is 2.95 bits per heavy atom. The molecule has 2 rings (SSSR count). The summed E-state index contributed by atoms with van der Waals surface area (Å²) < 4.78 is 25.0. The van der Waals surface area contributed by atoms with Gasteiger partial charge in [0.05, 0.1) is 6.26 Å². The molecule has 0 saturated carbocycles. The zero-order valence-corrected chi connectivity index (χ0v) is 14.6. The fourth-order valence-electron chi connectivity index (χ4n) is 2.80. The van der Waals surface area contributed by atoms with Crippen LogP contribution in [0.25, 0.3) is 0 Å². The van der Waals surface area contributed by atoms with E-state index in [1.165, 1.54) is 4.88 Å². The molecule has 1 atom stereocenters. The van der Waals surface area contributed by atoms with Gasteiger partial charge in [-0.2, -0.15) is 0 Å². The molecule has 1 saturated heterocycles. The molecule has 1 N–H and O–H groups in total. The normalized spacial score (nSPS) is 19.3. The Morgan fingerprint density at radius 2 is 2.27 bits per heavy atom. The van der Waals surface area contributed by atoms with Gasteiger partial charge in [-0.05, 0) is 43.6 Å². The third-order valence-corrected chi connectivity index (χ3v) is 5.55. The summed E-state index contributed by atoms with van der Waals surface area (Å²) in [5.41, 5.74) is 0. The Balaban J connectivity index is 1.82. The highest BCUT2D eigenvalue weighted by Gasteiger charge is 2.26. The maximum atomic E-state index is 12.4. The maximum absolute atomic E-state index is 12.4. The van der Waals surface area contributed by atoms with E-state index < -0.39 is 10.0 Å². The molecule has 1 aromatic rings. The van der Waals surface area contributed by atoms with Crippen LogP contribution < -0.4 is 4.72 Å². The second kappa shape index (κ2) is 8.08. The molecule has 7 heteroatoms. The van der Waals surface area contributed by atoms with E-state index >= 15 is 0 Å². The lowest BCUT2D eigenvalue weighted by Gasteiger charge is -2.36. The van der Waals surface area contributed by atoms with Gasteiger partial charge in [0.2, 0.25) is 15.9 Å². The van der Waals surface area contributed by atoms with E-state index in [1.54, 1.807) is 11.3 Å². The number of rotatable bonds is 7. The Labute approximate surface area is 136 Å². The van der Waals surface area contributed by atoms with Crippen LogP contribution in [0.5, 0.6) is 0 Å². The Bertz CT molecular complexity index is 570. The second-order valence-electron chi connectivity index (χ2n) is 5.79. The minimum Gasteiger partial charge on any atom is -0.338 e. The third kappa shape index (κ3) is 5.70. The number of amides is 1. The molecule has 0 bridgehead atoms. The number of nitrogens with zero attached hydrogens (tertiary/aromatic N) is 1. The van der Waals surface area contributed by atoms with Crippen LogP contribution in [0.15, 0.2) is 17.5 Å². The molecule has 1 aromatic heterocycles. The number of carbonyl (C=O) groups is 1. The number of hydrogen-bond acceptors (Lipinski definition) is 4. The summed E-state index contributed by atoms with van der Waals surface area (Å²) in [5.74, 6) is 0.150. The Morgan fingerprint density at radius 1 is 1.45 bits per heavy atom. The van der Waals surface area contributed by atoms with Crippen molar-refractivity contribution in [3.8, 4) is 0 Å². The Hall–Kier alpha value is -0.920. The van der Waals surface area contributed by atoms with Crippen LogP contribution in [0.2, 0.25) is 0 Å². The first-order valence-electron chi connectivity index (χ1n) is 7.72. The van der Waals surface area contributed by atoms with Gasteiger partial charge in [-0.3, -0.25) is 4.79 Å². The second-order valence-corrected chi connectivity index (χ2v) is 8.66. The average molecular weight is 345 g/mol. The van der Waals surface area contributed by atoms with Crippen LogP contribution in [0.3, 0.4) is 0 Å². The summed E-state index contributed by atoms with van der Waals surface area (Å²) in [5, 5.41) is 2.05. The number of carbonyl (C=O) groups excluding carboxylic acids is 1. The molecule has 1 unspecified atom stereocenters. The summed E-state index contributed by atoms with van der Waals surface area (Å²) in [6.07, 6.45) is 6.40. The van der Waals surface area contributed by atoms with Gasteiger partial charge in [0.1, 0.15) is 0 Å². The Kier molecular flexibility index (Phi) is 6.40. The molecule has 0 radical (unpaired) electrons. The minimum atomic E-state index is -3.21. The molecule has 5 nitrogen and oxygen atoms in total. The van der Waals surface area contributed by atoms with Crippen molar-refractivity contribution >= 4 is 27.3 Å². The van der Waals surface area contributed by atoms with E-state index in [0.717, 1.165) is 44.9 Å². The number of piperidine rings is 1. The number of sulfonamides is 1. The summed E-state index contributed by atoms with van der Waals surface area (Å²) >= 11 is 1.72. The smallest absolute Gasteiger partial charge is 0.222 e. The van der Waals surface area contributed by atoms with E-state index in [1.807, 2.05) is 11.0 Å². The summed E-state index contributed by atoms with van der Waals surface area (Å²) in [4.78, 5) is 15.6. The molecule has 0 aromatic carbocycles. The lowest BCUT2D eigenvalue weighted by atomic mass is 10.0. The van der Waals surface area contributed by atoms with Crippen molar-refractivity contribution in [2.24, 2.45) is 0 Å². The molecule has 124 valence electrons. The standard InChI is InChI=1S/C15H24N2O3S2/c1-22(19,20)16-12-13-6-2-3-10-17(13)15(18)9-4-7-14-8-5-11-21-14/h5,8,11,13,16H,2-4,6-7,9-10,12H2,1H3. The van der Waals surface area contributed by atoms with Crippen LogP contribution in [-0.2, 0) is 21.2 Å². The largest absolute Gasteiger partial charge is 0.338 e. The molecule has 1 aliphatic rings. The first-order valence-corrected chi connectivity index (χ1v) is 10.5. The highest BCUT2D eigenvalue weighted by molar-refractivity contribution is 7.88. The van der Waals surface area contributed by atoms with Crippen molar-refractivity contribution in [2.75, 3.05) is 19.3 Å². The van der Waals surface area contributed by atoms with Gasteiger partial charge >= 0.3 is 0 Å². The number of nitrogens with one attached hydrogen (secondary N) is 1. The first-order chi connectivity index (χ1) is 10.5. The third-order valence-electron chi connectivity index (χ3n) is 3.92. The number of likely N-dealkylation sites (tertiary alicyclic amines) is 1. The summed E-state index contributed by atoms with van der Waals surface area (Å²) in [6, 6.07) is 4.12. The first kappa shape index (κ1) is 17.4. The van der Waals surface area contributed by atoms with Gasteiger partial charge in [0, 0.05) is 30.4 Å². The molecule has 1 aliphatic heterocycles. The fourth-order valence-corrected chi connectivity index (χ4v) is 4.05. The van der Waals surface area contributed by atoms with Crippen molar-refractivity contribution in [3.05, 3.63) is 22.4 Å². The fraction of sp³-hybridized carbons (Fsp3) is 0.667. The highest BCUT2D eigenvalue weighted by atomic mass is 32.2. The predicted molar refractivity (Wildman–Crippen MR) is 89.5 cm³/mol. The van der Waals surface area contributed by atoms with Gasteiger partial charge in [0.15, 0.2) is 0 Å². The van der Waals surface area contributed by atoms with Crippen molar-refractivity contribution in [3.63, 3.8) is 0 Å². The van der Waals surface area contributed by atoms with Crippen molar-refractivity contribution in [1.29, 1.82) is 0 Å². The molecular formula is C15H24N2O3S2. The molecule has 22 heavy (non-hydrogen) atoms. The van der Waals surface area contributed by atoms with E-state index in [0.29, 0.717) is 13.0 Å². The molecule has 0 aliphatic carbocycles. The molecule has 1 fully saturated rings. The van der Waals surface area contributed by atoms with Crippen LogP contribution >= 0.6 is 11.3 Å². The topological polar surface area (TPSA) is 66.5 Å². The molecule has 2 heterocycles. The van der Waals surface area contributed by atoms with E-state index in [2.05, 4.69) is 16.2 Å². The lowest BCUT2D eigenvalue weighted by molar-refractivity contribution is -0.134. The summed E-state index contributed by atoms with van der Waals surface area (Å²) in [6.45, 7) is 1.07. The van der Waals surface area contributed by atoms with Crippen LogP contribution in [0.4, 0.5) is 0 Å². The number of hydrogen-bond donors (Lipinski definition) is 1. The van der Waals surface area contributed by atoms with Gasteiger partial charge < -0.3 is 4.90 Å². The van der Waals surface area contributed by atoms with Crippen LogP contribution in [0.1, 0.15) is 37.0 Å². The van der Waals surface area contributed by atoms with Gasteiger partial charge in [0.25, 0.3) is 0 Å². The molecule has 0 spiro atoms. The van der Waals surface area contributed by atoms with Gasteiger partial charge in [-0.15, -0.1) is 11.3 Å². The monoisotopic (exact) mass is 344 g/mol. The quantitative estimate of drug-likeness (QED) is 0.823. The number of aryl methyl sites for hydroxylation is 1. The van der Waals surface area contributed by atoms with Crippen LogP contribution in [-0.4, -0.2) is 44.6 Å². The predicted octanol–water partition coefficient (Wildman–Crippen LogP) is 2.00. The summed E-state index contributed by atoms with van der Waals surface area (Å²) in [7, 11) is -3.21. The van der Waals surface area contributed by atoms with Crippen LogP contribution in [0, 0.1) is 0 Å². The molecular weight excluding hydrogens is 320 g/mol. The highest BCUT2D eigenvalue weighted by Crippen LogP contribution is 2.19. The van der Waals surface area contributed by atoms with Gasteiger partial charge in [-0.1, -0.05) is 6.07 Å². The van der Waals surface area contributed by atoms with E-state index in [-0.39, 0.29) is 11.9 Å². The average Bonchev–Trinajstić information content (AvgIpc) is 2.98. The van der Waals surface area contributed by atoms with Crippen molar-refractivity contribution < 1.29 is 13.2 Å². The SMILES string of the molecule is CS(=O)(=O)NCC1CCCCN1C(=O)CCCc1cccs1.